The summed E-state index contributed by atoms with van der Waals surface area (Å²) in [4.78, 5) is 8.07. The van der Waals surface area contributed by atoms with Crippen molar-refractivity contribution in [3.8, 4) is 0 Å². The zero-order chi connectivity index (χ0) is 15.1. The van der Waals surface area contributed by atoms with E-state index in [0.717, 1.165) is 5.56 Å². The van der Waals surface area contributed by atoms with Crippen LogP contribution in [0.1, 0.15) is 11.1 Å². The van der Waals surface area contributed by atoms with E-state index in [0.29, 0.717) is 22.2 Å². The number of guanidine groups is 1. The fourth-order valence-corrected chi connectivity index (χ4v) is 1.99. The molecule has 7 heteroatoms. The van der Waals surface area contributed by atoms with Crippen LogP contribution in [0.5, 0.6) is 0 Å². The predicted molar refractivity (Wildman–Crippen MR) is 86.8 cm³/mol. The number of nitrogens with one attached hydrogen (secondary N) is 1. The number of hydrogen-bond acceptors (Lipinski definition) is 3. The van der Waals surface area contributed by atoms with Gasteiger partial charge in [0, 0.05) is 18.0 Å². The van der Waals surface area contributed by atoms with Gasteiger partial charge in [-0.3, -0.25) is 4.98 Å². The van der Waals surface area contributed by atoms with Crippen LogP contribution in [0.4, 0.5) is 0 Å². The lowest BCUT2D eigenvalue weighted by Gasteiger charge is -2.02. The minimum atomic E-state index is 0.200. The number of hydrogen-bond donors (Lipinski definition) is 2. The van der Waals surface area contributed by atoms with Crippen LogP contribution in [0.2, 0.25) is 10.0 Å². The Hall–Kier alpha value is -2.11. The van der Waals surface area contributed by atoms with Crippen LogP contribution in [-0.4, -0.2) is 17.2 Å². The Kier molecular flexibility index (Phi) is 5.54. The van der Waals surface area contributed by atoms with Gasteiger partial charge in [0.15, 0.2) is 0 Å². The molecule has 1 aromatic heterocycles. The average Bonchev–Trinajstić information content (AvgIpc) is 2.49. The Morgan fingerprint density at radius 1 is 1.19 bits per heavy atom. The molecule has 0 unspecified atom stereocenters. The van der Waals surface area contributed by atoms with E-state index in [1.54, 1.807) is 30.6 Å². The largest absolute Gasteiger partial charge is 0.369 e. The van der Waals surface area contributed by atoms with Gasteiger partial charge in [-0.2, -0.15) is 5.10 Å². The molecule has 3 N–H and O–H groups in total. The first kappa shape index (κ1) is 15.3. The molecule has 0 saturated heterocycles. The fourth-order valence-electron chi connectivity index (χ4n) is 1.50. The maximum Gasteiger partial charge on any atom is 0.209 e. The van der Waals surface area contributed by atoms with Crippen molar-refractivity contribution in [2.75, 3.05) is 0 Å². The van der Waals surface area contributed by atoms with Gasteiger partial charge < -0.3 is 5.73 Å². The Bertz CT molecular complexity index is 635. The van der Waals surface area contributed by atoms with E-state index < -0.39 is 0 Å². The first-order valence-corrected chi connectivity index (χ1v) is 6.84. The summed E-state index contributed by atoms with van der Waals surface area (Å²) in [6.07, 6.45) is 4.90. The van der Waals surface area contributed by atoms with Crippen molar-refractivity contribution in [3.05, 3.63) is 63.9 Å². The average molecular weight is 322 g/mol. The Morgan fingerprint density at radius 3 is 2.52 bits per heavy atom. The summed E-state index contributed by atoms with van der Waals surface area (Å²) < 4.78 is 0. The van der Waals surface area contributed by atoms with E-state index in [2.05, 4.69) is 20.5 Å². The van der Waals surface area contributed by atoms with Crippen LogP contribution in [0.25, 0.3) is 0 Å². The highest BCUT2D eigenvalue weighted by Gasteiger charge is 2.01. The fraction of sp³-hybridized carbons (Fsp3) is 0.0714. The number of nitrogens with zero attached hydrogens (tertiary/aromatic N) is 3. The van der Waals surface area contributed by atoms with Crippen LogP contribution in [-0.2, 0) is 6.54 Å². The van der Waals surface area contributed by atoms with Crippen LogP contribution in [0, 0.1) is 0 Å². The van der Waals surface area contributed by atoms with Gasteiger partial charge in [-0.1, -0.05) is 29.3 Å². The Morgan fingerprint density at radius 2 is 1.86 bits per heavy atom. The molecular weight excluding hydrogens is 309 g/mol. The highest BCUT2D eigenvalue weighted by molar-refractivity contribution is 6.38. The normalized spacial score (nSPS) is 11.8. The third-order valence-electron chi connectivity index (χ3n) is 2.55. The van der Waals surface area contributed by atoms with Gasteiger partial charge in [-0.25, -0.2) is 10.4 Å². The second kappa shape index (κ2) is 7.61. The highest BCUT2D eigenvalue weighted by Crippen LogP contribution is 2.21. The molecule has 2 rings (SSSR count). The molecule has 0 radical (unpaired) electrons. The summed E-state index contributed by atoms with van der Waals surface area (Å²) >= 11 is 12.0. The molecule has 0 saturated carbocycles. The topological polar surface area (TPSA) is 75.7 Å². The van der Waals surface area contributed by atoms with Crippen LogP contribution in [0.3, 0.4) is 0 Å². The van der Waals surface area contributed by atoms with E-state index in [4.69, 9.17) is 28.9 Å². The highest BCUT2D eigenvalue weighted by atomic mass is 35.5. The summed E-state index contributed by atoms with van der Waals surface area (Å²) in [6, 6.07) is 8.96. The lowest BCUT2D eigenvalue weighted by Crippen LogP contribution is -2.27. The SMILES string of the molecule is NC(=NCc1ccncc1)N/N=C/c1c(Cl)cccc1Cl. The van der Waals surface area contributed by atoms with E-state index in [1.165, 1.54) is 6.21 Å². The molecule has 0 amide bonds. The van der Waals surface area contributed by atoms with Gasteiger partial charge in [0.25, 0.3) is 0 Å². The van der Waals surface area contributed by atoms with Gasteiger partial charge in [-0.05, 0) is 29.8 Å². The molecule has 5 nitrogen and oxygen atoms in total. The molecular formula is C14H13Cl2N5. The van der Waals surface area contributed by atoms with Crippen LogP contribution >= 0.6 is 23.2 Å². The van der Waals surface area contributed by atoms with Crippen molar-refractivity contribution in [2.45, 2.75) is 6.54 Å². The van der Waals surface area contributed by atoms with E-state index in [9.17, 15) is 0 Å². The molecule has 0 spiro atoms. The first-order chi connectivity index (χ1) is 10.2. The molecule has 0 aliphatic heterocycles. The van der Waals surface area contributed by atoms with Gasteiger partial charge >= 0.3 is 0 Å². The van der Waals surface area contributed by atoms with Crippen molar-refractivity contribution in [1.29, 1.82) is 0 Å². The summed E-state index contributed by atoms with van der Waals surface area (Å²) in [5.41, 5.74) is 9.95. The monoisotopic (exact) mass is 321 g/mol. The summed E-state index contributed by atoms with van der Waals surface area (Å²) in [7, 11) is 0. The number of benzene rings is 1. The minimum absolute atomic E-state index is 0.200. The lowest BCUT2D eigenvalue weighted by atomic mass is 10.2. The van der Waals surface area contributed by atoms with Gasteiger partial charge in [0.05, 0.1) is 22.8 Å². The van der Waals surface area contributed by atoms with Gasteiger partial charge in [-0.15, -0.1) is 0 Å². The molecule has 0 atom stereocenters. The van der Waals surface area contributed by atoms with Crippen molar-refractivity contribution >= 4 is 35.4 Å². The van der Waals surface area contributed by atoms with Crippen molar-refractivity contribution in [3.63, 3.8) is 0 Å². The van der Waals surface area contributed by atoms with E-state index >= 15 is 0 Å². The molecule has 0 aliphatic carbocycles. The molecule has 2 aromatic rings. The maximum absolute atomic E-state index is 6.02. The smallest absolute Gasteiger partial charge is 0.209 e. The number of nitrogens with two attached hydrogens (primary N) is 1. The zero-order valence-electron chi connectivity index (χ0n) is 11.0. The third-order valence-corrected chi connectivity index (χ3v) is 3.21. The maximum atomic E-state index is 6.02. The first-order valence-electron chi connectivity index (χ1n) is 6.08. The molecule has 1 aromatic carbocycles. The molecule has 21 heavy (non-hydrogen) atoms. The summed E-state index contributed by atoms with van der Waals surface area (Å²) in [5.74, 6) is 0.200. The number of rotatable bonds is 4. The Balaban J connectivity index is 1.94. The second-order valence-corrected chi connectivity index (χ2v) is 4.88. The number of aromatic nitrogens is 1. The van der Waals surface area contributed by atoms with Crippen LogP contribution < -0.4 is 11.2 Å². The number of halogens is 2. The van der Waals surface area contributed by atoms with Crippen LogP contribution in [0.15, 0.2) is 52.8 Å². The lowest BCUT2D eigenvalue weighted by molar-refractivity contribution is 0.960. The van der Waals surface area contributed by atoms with E-state index in [1.807, 2.05) is 12.1 Å². The summed E-state index contributed by atoms with van der Waals surface area (Å²) in [6.45, 7) is 0.448. The van der Waals surface area contributed by atoms with E-state index in [-0.39, 0.29) is 5.96 Å². The Labute approximate surface area is 132 Å². The third kappa shape index (κ3) is 4.73. The molecule has 0 bridgehead atoms. The summed E-state index contributed by atoms with van der Waals surface area (Å²) in [5, 5.41) is 4.99. The zero-order valence-corrected chi connectivity index (χ0v) is 12.5. The standard InChI is InChI=1S/C14H13Cl2N5/c15-12-2-1-3-13(16)11(12)9-20-21-14(17)19-8-10-4-6-18-7-5-10/h1-7,9H,8H2,(H3,17,19,21)/b20-9+. The molecule has 108 valence electrons. The minimum Gasteiger partial charge on any atom is -0.369 e. The molecule has 1 heterocycles. The van der Waals surface area contributed by atoms with Crippen molar-refractivity contribution in [2.24, 2.45) is 15.8 Å². The van der Waals surface area contributed by atoms with Crippen molar-refractivity contribution in [1.82, 2.24) is 10.4 Å². The molecule has 0 aliphatic rings. The van der Waals surface area contributed by atoms with Gasteiger partial charge in [0.2, 0.25) is 5.96 Å². The quantitative estimate of drug-likeness (QED) is 0.516. The number of pyridine rings is 1. The number of aliphatic imine (C=N–C) groups is 1. The number of hydrazone groups is 1. The van der Waals surface area contributed by atoms with Gasteiger partial charge in [0.1, 0.15) is 0 Å². The molecule has 0 fully saturated rings. The second-order valence-electron chi connectivity index (χ2n) is 4.06. The predicted octanol–water partition coefficient (Wildman–Crippen LogP) is 2.83. The van der Waals surface area contributed by atoms with Crippen molar-refractivity contribution < 1.29 is 0 Å².